The average Bonchev–Trinajstić information content (AvgIpc) is 2.58. The molecule has 1 aromatic heterocycles. The molecule has 1 saturated heterocycles. The Morgan fingerprint density at radius 1 is 1.29 bits per heavy atom. The summed E-state index contributed by atoms with van der Waals surface area (Å²) in [5.41, 5.74) is 1.03. The van der Waals surface area contributed by atoms with E-state index in [1.807, 2.05) is 40.8 Å². The van der Waals surface area contributed by atoms with Crippen LogP contribution in [0, 0.1) is 0 Å². The highest BCUT2D eigenvalue weighted by Gasteiger charge is 2.52. The fourth-order valence-electron chi connectivity index (χ4n) is 2.14. The lowest BCUT2D eigenvalue weighted by Crippen LogP contribution is -2.41. The van der Waals surface area contributed by atoms with E-state index in [1.165, 1.54) is 6.20 Å². The Labute approximate surface area is 126 Å². The molecule has 0 radical (unpaired) electrons. The zero-order valence-corrected chi connectivity index (χ0v) is 13.3. The highest BCUT2D eigenvalue weighted by Crippen LogP contribution is 2.38. The first kappa shape index (κ1) is 16.0. The zero-order valence-electron chi connectivity index (χ0n) is 13.3. The first-order valence-corrected chi connectivity index (χ1v) is 7.10. The molecule has 0 unspecified atom stereocenters. The molecule has 5 nitrogen and oxygen atoms in total. The number of rotatable bonds is 4. The van der Waals surface area contributed by atoms with Crippen molar-refractivity contribution in [3.8, 4) is 5.75 Å². The summed E-state index contributed by atoms with van der Waals surface area (Å²) in [6.45, 7) is 8.74. The average molecular weight is 290 g/mol. The number of hydrogen-bond acceptors (Lipinski definition) is 5. The summed E-state index contributed by atoms with van der Waals surface area (Å²) in [5.74, 6) is 0.140. The van der Waals surface area contributed by atoms with Crippen LogP contribution in [-0.2, 0) is 9.31 Å². The summed E-state index contributed by atoms with van der Waals surface area (Å²) >= 11 is 0. The van der Waals surface area contributed by atoms with Crippen molar-refractivity contribution in [2.24, 2.45) is 0 Å². The maximum atomic E-state index is 9.52. The quantitative estimate of drug-likeness (QED) is 0.831. The van der Waals surface area contributed by atoms with Crippen molar-refractivity contribution in [2.45, 2.75) is 38.9 Å². The molecule has 0 saturated carbocycles. The van der Waals surface area contributed by atoms with E-state index in [4.69, 9.17) is 9.31 Å². The Hall–Kier alpha value is -1.37. The van der Waals surface area contributed by atoms with Gasteiger partial charge in [-0.15, -0.1) is 0 Å². The molecule has 2 N–H and O–H groups in total. The molecule has 0 aliphatic carbocycles. The van der Waals surface area contributed by atoms with Gasteiger partial charge in [0, 0.05) is 12.7 Å². The van der Waals surface area contributed by atoms with E-state index in [9.17, 15) is 5.11 Å². The molecule has 0 atom stereocenters. The predicted octanol–water partition coefficient (Wildman–Crippen LogP) is 2.02. The van der Waals surface area contributed by atoms with Gasteiger partial charge < -0.3 is 19.7 Å². The van der Waals surface area contributed by atoms with Gasteiger partial charge in [0.15, 0.2) is 0 Å². The molecule has 6 heteroatoms. The van der Waals surface area contributed by atoms with Crippen LogP contribution in [0.1, 0.15) is 33.3 Å². The van der Waals surface area contributed by atoms with Gasteiger partial charge in [-0.3, -0.25) is 4.98 Å². The third-order valence-corrected chi connectivity index (χ3v) is 4.03. The largest absolute Gasteiger partial charge is 0.506 e. The van der Waals surface area contributed by atoms with Crippen LogP contribution in [0.2, 0.25) is 0 Å². The Balaban J connectivity index is 2.28. The summed E-state index contributed by atoms with van der Waals surface area (Å²) in [5, 5.41) is 12.6. The van der Waals surface area contributed by atoms with Crippen LogP contribution in [0.3, 0.4) is 0 Å². The monoisotopic (exact) mass is 290 g/mol. The van der Waals surface area contributed by atoms with Crippen LogP contribution in [0.15, 0.2) is 23.9 Å². The molecule has 1 aliphatic rings. The highest BCUT2D eigenvalue weighted by molar-refractivity contribution is 6.55. The SMILES string of the molecule is CNCC(=Cc1cncc(O)c1)B1OC(C)(C)C(C)(C)O1. The summed E-state index contributed by atoms with van der Waals surface area (Å²) < 4.78 is 12.1. The summed E-state index contributed by atoms with van der Waals surface area (Å²) in [7, 11) is 1.46. The molecule has 0 amide bonds. The third kappa shape index (κ3) is 3.45. The van der Waals surface area contributed by atoms with Gasteiger partial charge in [0.25, 0.3) is 0 Å². The second-order valence-electron chi connectivity index (χ2n) is 6.31. The standard InChI is InChI=1S/C15H23BN2O3/c1-14(2)15(3,4)21-16(20-14)12(9-17-5)6-11-7-13(19)10-18-8-11/h6-8,10,17,19H,9H2,1-5H3. The smallest absolute Gasteiger partial charge is 0.491 e. The van der Waals surface area contributed by atoms with E-state index in [2.05, 4.69) is 10.3 Å². The molecular formula is C15H23BN2O3. The van der Waals surface area contributed by atoms with Crippen LogP contribution in [0.4, 0.5) is 0 Å². The van der Waals surface area contributed by atoms with Crippen LogP contribution >= 0.6 is 0 Å². The predicted molar refractivity (Wildman–Crippen MR) is 83.9 cm³/mol. The lowest BCUT2D eigenvalue weighted by molar-refractivity contribution is 0.00578. The van der Waals surface area contributed by atoms with Gasteiger partial charge in [-0.1, -0.05) is 6.08 Å². The lowest BCUT2D eigenvalue weighted by atomic mass is 9.77. The number of aromatic hydroxyl groups is 1. The van der Waals surface area contributed by atoms with Crippen molar-refractivity contribution in [3.63, 3.8) is 0 Å². The maximum Gasteiger partial charge on any atom is 0.491 e. The van der Waals surface area contributed by atoms with E-state index in [0.717, 1.165) is 11.0 Å². The van der Waals surface area contributed by atoms with E-state index >= 15 is 0 Å². The Bertz CT molecular complexity index is 527. The van der Waals surface area contributed by atoms with E-state index < -0.39 is 7.12 Å². The molecule has 114 valence electrons. The molecule has 1 fully saturated rings. The minimum absolute atomic E-state index is 0.140. The van der Waals surface area contributed by atoms with Crippen LogP contribution < -0.4 is 5.32 Å². The normalized spacial score (nSPS) is 20.8. The van der Waals surface area contributed by atoms with Gasteiger partial charge in [-0.25, -0.2) is 0 Å². The molecule has 0 aromatic carbocycles. The van der Waals surface area contributed by atoms with Crippen molar-refractivity contribution in [1.82, 2.24) is 10.3 Å². The van der Waals surface area contributed by atoms with Gasteiger partial charge in [0.05, 0.1) is 17.4 Å². The van der Waals surface area contributed by atoms with Crippen molar-refractivity contribution in [1.29, 1.82) is 0 Å². The van der Waals surface area contributed by atoms with Crippen LogP contribution in [0.25, 0.3) is 6.08 Å². The fourth-order valence-corrected chi connectivity index (χ4v) is 2.14. The highest BCUT2D eigenvalue weighted by atomic mass is 16.7. The van der Waals surface area contributed by atoms with Crippen molar-refractivity contribution < 1.29 is 14.4 Å². The van der Waals surface area contributed by atoms with Gasteiger partial charge >= 0.3 is 7.12 Å². The summed E-state index contributed by atoms with van der Waals surface area (Å²) in [6.07, 6.45) is 5.04. The number of aromatic nitrogens is 1. The minimum atomic E-state index is -0.412. The molecule has 2 rings (SSSR count). The molecular weight excluding hydrogens is 267 g/mol. The molecule has 1 aliphatic heterocycles. The Morgan fingerprint density at radius 2 is 1.90 bits per heavy atom. The first-order valence-electron chi connectivity index (χ1n) is 7.10. The molecule has 0 bridgehead atoms. The zero-order chi connectivity index (χ0) is 15.7. The topological polar surface area (TPSA) is 63.6 Å². The third-order valence-electron chi connectivity index (χ3n) is 4.03. The fraction of sp³-hybridized carbons (Fsp3) is 0.533. The van der Waals surface area contributed by atoms with Crippen LogP contribution in [0.5, 0.6) is 5.75 Å². The van der Waals surface area contributed by atoms with Crippen LogP contribution in [-0.4, -0.2) is 42.0 Å². The van der Waals surface area contributed by atoms with Gasteiger partial charge in [-0.2, -0.15) is 0 Å². The minimum Gasteiger partial charge on any atom is -0.506 e. The number of nitrogens with zero attached hydrogens (tertiary/aromatic N) is 1. The number of nitrogens with one attached hydrogen (secondary N) is 1. The second-order valence-corrected chi connectivity index (χ2v) is 6.31. The molecule has 0 spiro atoms. The Morgan fingerprint density at radius 3 is 2.43 bits per heavy atom. The number of pyridine rings is 1. The lowest BCUT2D eigenvalue weighted by Gasteiger charge is -2.32. The van der Waals surface area contributed by atoms with Crippen molar-refractivity contribution in [3.05, 3.63) is 29.5 Å². The van der Waals surface area contributed by atoms with E-state index in [-0.39, 0.29) is 17.0 Å². The van der Waals surface area contributed by atoms with Crippen molar-refractivity contribution >= 4 is 13.2 Å². The van der Waals surface area contributed by atoms with Crippen molar-refractivity contribution in [2.75, 3.05) is 13.6 Å². The van der Waals surface area contributed by atoms with Gasteiger partial charge in [0.2, 0.25) is 0 Å². The van der Waals surface area contributed by atoms with Gasteiger partial charge in [-0.05, 0) is 51.8 Å². The molecule has 1 aromatic rings. The van der Waals surface area contributed by atoms with E-state index in [0.29, 0.717) is 6.54 Å². The summed E-state index contributed by atoms with van der Waals surface area (Å²) in [6, 6.07) is 1.66. The first-order chi connectivity index (χ1) is 9.75. The number of hydrogen-bond donors (Lipinski definition) is 2. The number of likely N-dealkylation sites (N-methyl/N-ethyl adjacent to an activating group) is 1. The maximum absolute atomic E-state index is 9.52. The van der Waals surface area contributed by atoms with Gasteiger partial charge in [0.1, 0.15) is 5.75 Å². The molecule has 2 heterocycles. The summed E-state index contributed by atoms with van der Waals surface area (Å²) in [4.78, 5) is 3.98. The Kier molecular flexibility index (Phi) is 4.42. The van der Waals surface area contributed by atoms with E-state index in [1.54, 1.807) is 12.3 Å². The molecule has 21 heavy (non-hydrogen) atoms. The second kappa shape index (κ2) is 5.79.